The summed E-state index contributed by atoms with van der Waals surface area (Å²) in [5.41, 5.74) is 8.36. The third-order valence-corrected chi connectivity index (χ3v) is 5.04. The van der Waals surface area contributed by atoms with E-state index in [-0.39, 0.29) is 5.71 Å². The molecule has 0 bridgehead atoms. The molecule has 1 saturated carbocycles. The van der Waals surface area contributed by atoms with Crippen molar-refractivity contribution in [3.8, 4) is 11.5 Å². The van der Waals surface area contributed by atoms with Gasteiger partial charge in [0.05, 0.1) is 37.2 Å². The second-order valence-electron chi connectivity index (χ2n) is 7.11. The van der Waals surface area contributed by atoms with Gasteiger partial charge in [0.1, 0.15) is 17.2 Å². The van der Waals surface area contributed by atoms with Crippen LogP contribution in [0.25, 0.3) is 11.0 Å². The van der Waals surface area contributed by atoms with E-state index in [1.165, 1.54) is 26.1 Å². The van der Waals surface area contributed by atoms with Gasteiger partial charge in [-0.15, -0.1) is 0 Å². The van der Waals surface area contributed by atoms with Crippen molar-refractivity contribution >= 4 is 34.3 Å². The minimum atomic E-state index is 0.0390. The van der Waals surface area contributed by atoms with E-state index in [0.29, 0.717) is 17.1 Å². The first kappa shape index (κ1) is 22.2. The number of anilines is 2. The molecule has 1 aliphatic rings. The molecule has 31 heavy (non-hydrogen) atoms. The van der Waals surface area contributed by atoms with Crippen molar-refractivity contribution in [2.75, 3.05) is 32.7 Å². The average Bonchev–Trinajstić information content (AvgIpc) is 3.66. The van der Waals surface area contributed by atoms with Gasteiger partial charge in [0.25, 0.3) is 0 Å². The van der Waals surface area contributed by atoms with E-state index in [2.05, 4.69) is 20.6 Å². The van der Waals surface area contributed by atoms with Crippen LogP contribution in [0.2, 0.25) is 0 Å². The average molecular weight is 421 g/mol. The lowest BCUT2D eigenvalue weighted by atomic mass is 10.1. The smallest absolute Gasteiger partial charge is 0.124 e. The number of nitrogens with zero attached hydrogens (tertiary/aromatic N) is 3. The van der Waals surface area contributed by atoms with Gasteiger partial charge in [-0.05, 0) is 44.0 Å². The van der Waals surface area contributed by atoms with Crippen LogP contribution in [0.5, 0.6) is 11.5 Å². The highest BCUT2D eigenvalue weighted by molar-refractivity contribution is 6.35. The first-order valence-corrected chi connectivity index (χ1v) is 10.1. The summed E-state index contributed by atoms with van der Waals surface area (Å²) >= 11 is 0. The molecular weight excluding hydrogens is 392 g/mol. The first-order chi connectivity index (χ1) is 15.1. The Labute approximate surface area is 182 Å². The Hall–Kier alpha value is -3.52. The molecule has 1 aromatic heterocycles. The van der Waals surface area contributed by atoms with Crippen LogP contribution in [0.1, 0.15) is 18.5 Å². The van der Waals surface area contributed by atoms with Crippen molar-refractivity contribution in [2.45, 2.75) is 12.8 Å². The molecule has 0 atom stereocenters. The first-order valence-electron chi connectivity index (χ1n) is 10.1. The number of fused-ring (bicyclic) bond motifs is 1. The number of methoxy groups -OCH3 is 2. The summed E-state index contributed by atoms with van der Waals surface area (Å²) in [4.78, 5) is 11.2. The van der Waals surface area contributed by atoms with Crippen molar-refractivity contribution in [1.29, 1.82) is 10.8 Å². The Morgan fingerprint density at radius 1 is 1.06 bits per heavy atom. The number of nitrogens with one attached hydrogen (secondary N) is 2. The molecule has 8 heteroatoms. The van der Waals surface area contributed by atoms with Crippen LogP contribution in [-0.4, -0.2) is 49.7 Å². The van der Waals surface area contributed by atoms with Gasteiger partial charge in [-0.25, -0.2) is 4.98 Å². The number of ether oxygens (including phenoxy) is 2. The summed E-state index contributed by atoms with van der Waals surface area (Å²) in [7, 11) is 4.80. The number of benzene rings is 2. The van der Waals surface area contributed by atoms with Crippen molar-refractivity contribution in [3.05, 3.63) is 48.3 Å². The molecule has 0 amide bonds. The van der Waals surface area contributed by atoms with E-state index in [4.69, 9.17) is 20.3 Å². The second-order valence-corrected chi connectivity index (χ2v) is 7.11. The highest BCUT2D eigenvalue weighted by Gasteiger charge is 2.26. The van der Waals surface area contributed by atoms with Crippen LogP contribution in [0, 0.1) is 16.7 Å². The fourth-order valence-corrected chi connectivity index (χ4v) is 3.24. The highest BCUT2D eigenvalue weighted by atomic mass is 16.5. The van der Waals surface area contributed by atoms with E-state index in [1.807, 2.05) is 36.4 Å². The van der Waals surface area contributed by atoms with Gasteiger partial charge >= 0.3 is 0 Å². The zero-order valence-corrected chi connectivity index (χ0v) is 18.1. The molecule has 4 rings (SSSR count). The summed E-state index contributed by atoms with van der Waals surface area (Å²) in [5, 5.41) is 15.1. The predicted octanol–water partition coefficient (Wildman–Crippen LogP) is 3.79. The molecule has 0 aliphatic heterocycles. The quantitative estimate of drug-likeness (QED) is 0.477. The second kappa shape index (κ2) is 9.99. The molecule has 162 valence electrons. The standard InChI is InChI=1S/C22H23N5O2.CH5N/c1-28-17-7-16(8-18(10-17)29-2)27(13-14-3-4-14)15-5-6-20-21(9-15)26-22(12-25-20)19(24)11-23;1-2/h5-12,14,23-24H,3-4,13H2,1-2H3;2H2,1H3. The minimum Gasteiger partial charge on any atom is -0.497 e. The summed E-state index contributed by atoms with van der Waals surface area (Å²) < 4.78 is 10.9. The van der Waals surface area contributed by atoms with Crippen molar-refractivity contribution in [3.63, 3.8) is 0 Å². The fourth-order valence-electron chi connectivity index (χ4n) is 3.24. The van der Waals surface area contributed by atoms with Crippen molar-refractivity contribution in [2.24, 2.45) is 11.7 Å². The van der Waals surface area contributed by atoms with E-state index >= 15 is 0 Å². The maximum atomic E-state index is 7.83. The Bertz CT molecular complexity index is 1060. The molecule has 0 saturated heterocycles. The van der Waals surface area contributed by atoms with Gasteiger partial charge in [0, 0.05) is 42.3 Å². The largest absolute Gasteiger partial charge is 0.497 e. The molecule has 1 aliphatic carbocycles. The molecule has 0 radical (unpaired) electrons. The summed E-state index contributed by atoms with van der Waals surface area (Å²) in [6.45, 7) is 0.894. The van der Waals surface area contributed by atoms with E-state index < -0.39 is 0 Å². The van der Waals surface area contributed by atoms with E-state index in [1.54, 1.807) is 14.2 Å². The number of nitrogens with two attached hydrogens (primary N) is 1. The lowest BCUT2D eigenvalue weighted by Crippen LogP contribution is -2.20. The van der Waals surface area contributed by atoms with Crippen LogP contribution in [0.3, 0.4) is 0 Å². The molecule has 8 nitrogen and oxygen atoms in total. The molecule has 4 N–H and O–H groups in total. The third-order valence-electron chi connectivity index (χ3n) is 5.04. The van der Waals surface area contributed by atoms with Gasteiger partial charge in [-0.2, -0.15) is 0 Å². The van der Waals surface area contributed by atoms with Gasteiger partial charge in [-0.1, -0.05) is 0 Å². The third kappa shape index (κ3) is 5.16. The van der Waals surface area contributed by atoms with Gasteiger partial charge < -0.3 is 25.5 Å². The molecule has 0 unspecified atom stereocenters. The Balaban J connectivity index is 0.00000132. The van der Waals surface area contributed by atoms with Gasteiger partial charge in [-0.3, -0.25) is 10.4 Å². The predicted molar refractivity (Wildman–Crippen MR) is 125 cm³/mol. The van der Waals surface area contributed by atoms with Crippen LogP contribution >= 0.6 is 0 Å². The lowest BCUT2D eigenvalue weighted by molar-refractivity contribution is 0.394. The maximum absolute atomic E-state index is 7.83. The van der Waals surface area contributed by atoms with Crippen LogP contribution < -0.4 is 20.1 Å². The molecule has 1 heterocycles. The zero-order chi connectivity index (χ0) is 22.4. The number of rotatable bonds is 8. The number of hydrogen-bond acceptors (Lipinski definition) is 8. The van der Waals surface area contributed by atoms with Crippen molar-refractivity contribution in [1.82, 2.24) is 9.97 Å². The molecule has 2 aromatic carbocycles. The van der Waals surface area contributed by atoms with E-state index in [0.717, 1.165) is 41.1 Å². The topological polar surface area (TPSA) is 121 Å². The van der Waals surface area contributed by atoms with Crippen LogP contribution in [-0.2, 0) is 0 Å². The summed E-state index contributed by atoms with van der Waals surface area (Å²) in [6.07, 6.45) is 4.96. The summed E-state index contributed by atoms with van der Waals surface area (Å²) in [5.74, 6) is 2.14. The van der Waals surface area contributed by atoms with Gasteiger partial charge in [0.2, 0.25) is 0 Å². The Morgan fingerprint density at radius 3 is 2.32 bits per heavy atom. The monoisotopic (exact) mass is 420 g/mol. The van der Waals surface area contributed by atoms with Crippen molar-refractivity contribution < 1.29 is 9.47 Å². The molecule has 3 aromatic rings. The normalized spacial score (nSPS) is 12.5. The maximum Gasteiger partial charge on any atom is 0.124 e. The molecule has 0 spiro atoms. The Morgan fingerprint density at radius 2 is 1.74 bits per heavy atom. The number of hydrogen-bond donors (Lipinski definition) is 3. The molecule has 1 fully saturated rings. The summed E-state index contributed by atoms with van der Waals surface area (Å²) in [6, 6.07) is 11.8. The Kier molecular flexibility index (Phi) is 7.15. The highest BCUT2D eigenvalue weighted by Crippen LogP contribution is 2.38. The van der Waals surface area contributed by atoms with Gasteiger partial charge in [0.15, 0.2) is 0 Å². The van der Waals surface area contributed by atoms with Crippen LogP contribution in [0.4, 0.5) is 11.4 Å². The minimum absolute atomic E-state index is 0.0390. The number of aromatic nitrogens is 2. The van der Waals surface area contributed by atoms with Crippen LogP contribution in [0.15, 0.2) is 42.6 Å². The zero-order valence-electron chi connectivity index (χ0n) is 18.1. The molecular formula is C23H28N6O2. The SMILES string of the molecule is CN.COc1cc(OC)cc(N(CC2CC2)c2ccc3ncc(C(=N)C=N)nc3c2)c1. The van der Waals surface area contributed by atoms with E-state index in [9.17, 15) is 0 Å². The fraction of sp³-hybridized carbons (Fsp3) is 0.304. The lowest BCUT2D eigenvalue weighted by Gasteiger charge is -2.26.